The topological polar surface area (TPSA) is 58.9 Å². The Hall–Kier alpha value is -2.29. The molecule has 0 spiro atoms. The number of hydroxylamine groups is 2. The molecule has 116 valence electrons. The molecule has 0 N–H and O–H groups in total. The number of fused-ring (bicyclic) bond motifs is 8. The minimum atomic E-state index is -4.70. The fourth-order valence-electron chi connectivity index (χ4n) is 3.24. The average molecular weight is 313 g/mol. The van der Waals surface area contributed by atoms with Gasteiger partial charge in [-0.05, 0) is 12.8 Å². The number of benzene rings is 1. The highest BCUT2D eigenvalue weighted by molar-refractivity contribution is 5.82. The van der Waals surface area contributed by atoms with Crippen LogP contribution in [-0.4, -0.2) is 17.0 Å². The van der Waals surface area contributed by atoms with Gasteiger partial charge in [-0.3, -0.25) is 10.1 Å². The highest BCUT2D eigenvalue weighted by Crippen LogP contribution is 2.54. The lowest BCUT2D eigenvalue weighted by molar-refractivity contribution is -0.385. The first-order valence-electron chi connectivity index (χ1n) is 6.71. The summed E-state index contributed by atoms with van der Waals surface area (Å²) in [5.41, 5.74) is -1.67. The standard InChI is InChI=1S/C13H10F3N3O3/c14-13(15,16)8-5-7(19(20)21)6-11-12(8)18-10-4-2-1-3-9(10)17(11)22-18/h2,4-6,9-10H,1,3H2. The molecule has 9 heteroatoms. The molecule has 0 saturated carbocycles. The van der Waals surface area contributed by atoms with Crippen molar-refractivity contribution in [2.75, 3.05) is 10.1 Å². The summed E-state index contributed by atoms with van der Waals surface area (Å²) in [6, 6.07) is 1.27. The fourth-order valence-corrected chi connectivity index (χ4v) is 3.24. The third kappa shape index (κ3) is 1.65. The number of alkyl halides is 3. The van der Waals surface area contributed by atoms with Crippen LogP contribution in [0.1, 0.15) is 18.4 Å². The molecule has 1 fully saturated rings. The van der Waals surface area contributed by atoms with Crippen molar-refractivity contribution in [2.24, 2.45) is 0 Å². The molecule has 1 aromatic rings. The van der Waals surface area contributed by atoms with Gasteiger partial charge in [-0.15, -0.1) is 0 Å². The van der Waals surface area contributed by atoms with Gasteiger partial charge in [0.25, 0.3) is 5.69 Å². The summed E-state index contributed by atoms with van der Waals surface area (Å²) in [6.45, 7) is 0. The summed E-state index contributed by atoms with van der Waals surface area (Å²) in [7, 11) is 0. The number of non-ortho nitro benzene ring substituents is 1. The molecule has 4 rings (SSSR count). The van der Waals surface area contributed by atoms with E-state index in [2.05, 4.69) is 0 Å². The Labute approximate surface area is 122 Å². The van der Waals surface area contributed by atoms with Gasteiger partial charge in [0.1, 0.15) is 11.7 Å². The van der Waals surface area contributed by atoms with Gasteiger partial charge in [-0.1, -0.05) is 12.2 Å². The molecule has 22 heavy (non-hydrogen) atoms. The predicted molar refractivity (Wildman–Crippen MR) is 70.1 cm³/mol. The van der Waals surface area contributed by atoms with Crippen molar-refractivity contribution in [3.63, 3.8) is 0 Å². The monoisotopic (exact) mass is 313 g/mol. The fraction of sp³-hybridized carbons (Fsp3) is 0.385. The predicted octanol–water partition coefficient (Wildman–Crippen LogP) is 3.19. The first-order valence-corrected chi connectivity index (χ1v) is 6.71. The number of anilines is 2. The third-order valence-corrected chi connectivity index (χ3v) is 4.15. The minimum absolute atomic E-state index is 0.109. The molecule has 1 aromatic carbocycles. The van der Waals surface area contributed by atoms with E-state index in [0.717, 1.165) is 18.9 Å². The van der Waals surface area contributed by atoms with E-state index in [1.54, 1.807) is 0 Å². The van der Waals surface area contributed by atoms with Crippen molar-refractivity contribution in [3.05, 3.63) is 40.0 Å². The quantitative estimate of drug-likeness (QED) is 0.453. The van der Waals surface area contributed by atoms with Crippen molar-refractivity contribution in [3.8, 4) is 0 Å². The molecule has 3 aliphatic rings. The Balaban J connectivity index is 1.93. The molecule has 0 radical (unpaired) electrons. The molecule has 2 heterocycles. The van der Waals surface area contributed by atoms with Crippen LogP contribution in [0.25, 0.3) is 0 Å². The van der Waals surface area contributed by atoms with E-state index < -0.39 is 22.4 Å². The lowest BCUT2D eigenvalue weighted by Gasteiger charge is -2.32. The van der Waals surface area contributed by atoms with Crippen molar-refractivity contribution in [2.45, 2.75) is 31.1 Å². The van der Waals surface area contributed by atoms with Crippen LogP contribution in [0.3, 0.4) is 0 Å². The summed E-state index contributed by atoms with van der Waals surface area (Å²) < 4.78 is 39.9. The van der Waals surface area contributed by atoms with E-state index in [1.165, 1.54) is 10.1 Å². The summed E-state index contributed by atoms with van der Waals surface area (Å²) in [5.74, 6) is 0. The normalized spacial score (nSPS) is 25.4. The second kappa shape index (κ2) is 4.13. The Kier molecular flexibility index (Phi) is 2.51. The zero-order valence-electron chi connectivity index (χ0n) is 11.1. The number of rotatable bonds is 1. The van der Waals surface area contributed by atoms with E-state index in [1.807, 2.05) is 12.2 Å². The van der Waals surface area contributed by atoms with Crippen LogP contribution in [0.2, 0.25) is 0 Å². The number of allylic oxidation sites excluding steroid dienone is 1. The first kappa shape index (κ1) is 13.4. The van der Waals surface area contributed by atoms with Crippen LogP contribution in [-0.2, 0) is 11.1 Å². The number of hydrogen-bond donors (Lipinski definition) is 0. The van der Waals surface area contributed by atoms with Crippen LogP contribution < -0.4 is 10.1 Å². The van der Waals surface area contributed by atoms with Crippen LogP contribution in [0.15, 0.2) is 24.3 Å². The molecule has 0 aromatic heterocycles. The second-order valence-electron chi connectivity index (χ2n) is 5.41. The Morgan fingerprint density at radius 3 is 2.77 bits per heavy atom. The van der Waals surface area contributed by atoms with Gasteiger partial charge in [0.05, 0.1) is 22.2 Å². The molecule has 1 aliphatic carbocycles. The number of nitro benzene ring substituents is 1. The zero-order valence-corrected chi connectivity index (χ0v) is 11.1. The van der Waals surface area contributed by atoms with Gasteiger partial charge in [0.15, 0.2) is 0 Å². The Bertz CT molecular complexity index is 704. The van der Waals surface area contributed by atoms with E-state index >= 15 is 0 Å². The smallest absolute Gasteiger partial charge is 0.258 e. The summed E-state index contributed by atoms with van der Waals surface area (Å²) in [4.78, 5) is 15.6. The SMILES string of the molecule is O=[N+]([O-])c1cc2c(c(C(F)(F)F)c1)N1ON2C2CCC=CC21. The summed E-state index contributed by atoms with van der Waals surface area (Å²) in [5, 5.41) is 13.5. The van der Waals surface area contributed by atoms with E-state index in [9.17, 15) is 23.3 Å². The van der Waals surface area contributed by atoms with Crippen molar-refractivity contribution >= 4 is 17.1 Å². The molecule has 2 aliphatic heterocycles. The van der Waals surface area contributed by atoms with E-state index in [0.29, 0.717) is 6.07 Å². The third-order valence-electron chi connectivity index (χ3n) is 4.15. The lowest BCUT2D eigenvalue weighted by Crippen LogP contribution is -2.41. The van der Waals surface area contributed by atoms with Crippen molar-refractivity contribution < 1.29 is 23.0 Å². The second-order valence-corrected chi connectivity index (χ2v) is 5.41. The minimum Gasteiger partial charge on any atom is -0.258 e. The number of nitrogens with zero attached hydrogens (tertiary/aromatic N) is 3. The molecular weight excluding hydrogens is 303 g/mol. The number of hydrogen-bond acceptors (Lipinski definition) is 5. The van der Waals surface area contributed by atoms with Crippen LogP contribution >= 0.6 is 0 Å². The largest absolute Gasteiger partial charge is 0.418 e. The molecule has 6 nitrogen and oxygen atoms in total. The number of nitro groups is 1. The van der Waals surface area contributed by atoms with E-state index in [4.69, 9.17) is 4.94 Å². The molecule has 1 saturated heterocycles. The van der Waals surface area contributed by atoms with Gasteiger partial charge >= 0.3 is 6.18 Å². The Morgan fingerprint density at radius 2 is 2.09 bits per heavy atom. The molecule has 2 unspecified atom stereocenters. The van der Waals surface area contributed by atoms with Gasteiger partial charge < -0.3 is 0 Å². The average Bonchev–Trinajstić information content (AvgIpc) is 3.02. The van der Waals surface area contributed by atoms with Gasteiger partial charge in [-0.2, -0.15) is 18.1 Å². The van der Waals surface area contributed by atoms with Crippen molar-refractivity contribution in [1.82, 2.24) is 0 Å². The maximum absolute atomic E-state index is 13.3. The van der Waals surface area contributed by atoms with Crippen molar-refractivity contribution in [1.29, 1.82) is 0 Å². The van der Waals surface area contributed by atoms with Crippen LogP contribution in [0, 0.1) is 10.1 Å². The molecule has 0 amide bonds. The molecule has 2 bridgehead atoms. The van der Waals surface area contributed by atoms with Crippen LogP contribution in [0.5, 0.6) is 0 Å². The lowest BCUT2D eigenvalue weighted by atomic mass is 9.92. The molecule has 2 atom stereocenters. The van der Waals surface area contributed by atoms with Gasteiger partial charge in [0, 0.05) is 12.1 Å². The maximum atomic E-state index is 13.3. The van der Waals surface area contributed by atoms with Crippen LogP contribution in [0.4, 0.5) is 30.2 Å². The number of halogens is 3. The van der Waals surface area contributed by atoms with Gasteiger partial charge in [-0.25, -0.2) is 10.1 Å². The highest BCUT2D eigenvalue weighted by atomic mass is 19.4. The zero-order chi connectivity index (χ0) is 15.6. The van der Waals surface area contributed by atoms with E-state index in [-0.39, 0.29) is 23.5 Å². The Morgan fingerprint density at radius 1 is 1.32 bits per heavy atom. The molecular formula is C13H10F3N3O3. The maximum Gasteiger partial charge on any atom is 0.418 e. The van der Waals surface area contributed by atoms with Gasteiger partial charge in [0.2, 0.25) is 0 Å². The highest BCUT2D eigenvalue weighted by Gasteiger charge is 2.53. The first-order chi connectivity index (χ1) is 10.4. The summed E-state index contributed by atoms with van der Waals surface area (Å²) in [6.07, 6.45) is 0.550. The summed E-state index contributed by atoms with van der Waals surface area (Å²) >= 11 is 0.